The van der Waals surface area contributed by atoms with Crippen LogP contribution >= 0.6 is 7.82 Å². The number of phosphoric ester groups is 1. The SMILES string of the molecule is C[C@@H]1C(NC(=O)OCC2c3ccccc3-c3ccccc32)C(O)OC(COCc2ccccc2)[C@H]1OP1(=O)OCc2ccccc2CO1. The van der Waals surface area contributed by atoms with Gasteiger partial charge in [0, 0.05) is 11.8 Å². The van der Waals surface area contributed by atoms with Crippen molar-refractivity contribution >= 4 is 13.9 Å². The minimum atomic E-state index is -4.10. The van der Waals surface area contributed by atoms with Crippen molar-refractivity contribution in [3.8, 4) is 11.1 Å². The van der Waals surface area contributed by atoms with E-state index in [4.69, 9.17) is 27.8 Å². The summed E-state index contributed by atoms with van der Waals surface area (Å²) in [6.45, 7) is 2.25. The van der Waals surface area contributed by atoms with Gasteiger partial charge in [0.1, 0.15) is 18.8 Å². The zero-order valence-electron chi connectivity index (χ0n) is 26.5. The third kappa shape index (κ3) is 6.97. The van der Waals surface area contributed by atoms with Gasteiger partial charge in [-0.05, 0) is 38.9 Å². The maximum atomic E-state index is 13.9. The third-order valence-corrected chi connectivity index (χ3v) is 10.6. The minimum absolute atomic E-state index is 0.0127. The quantitative estimate of drug-likeness (QED) is 0.187. The van der Waals surface area contributed by atoms with Crippen molar-refractivity contribution in [1.82, 2.24) is 5.32 Å². The molecular weight excluding hydrogens is 633 g/mol. The Bertz CT molecular complexity index is 1710. The van der Waals surface area contributed by atoms with Crippen LogP contribution < -0.4 is 5.32 Å². The Balaban J connectivity index is 1.05. The summed E-state index contributed by atoms with van der Waals surface area (Å²) in [6.07, 6.45) is -3.96. The fourth-order valence-electron chi connectivity index (χ4n) is 6.67. The molecule has 4 aromatic rings. The molecule has 3 unspecified atom stereocenters. The number of hydrogen-bond acceptors (Lipinski definition) is 9. The fourth-order valence-corrected chi connectivity index (χ4v) is 8.09. The molecule has 1 amide bonds. The number of carbonyl (C=O) groups excluding carboxylic acids is 1. The molecule has 250 valence electrons. The highest BCUT2D eigenvalue weighted by atomic mass is 31.2. The van der Waals surface area contributed by atoms with Crippen LogP contribution in [0.1, 0.15) is 40.7 Å². The topological polar surface area (TPSA) is 122 Å². The molecule has 3 aliphatic rings. The lowest BCUT2D eigenvalue weighted by atomic mass is 9.89. The molecule has 0 spiro atoms. The molecule has 2 aliphatic heterocycles. The molecule has 48 heavy (non-hydrogen) atoms. The molecule has 0 saturated carbocycles. The van der Waals surface area contributed by atoms with Crippen molar-refractivity contribution in [1.29, 1.82) is 0 Å². The molecule has 0 aromatic heterocycles. The van der Waals surface area contributed by atoms with Crippen LogP contribution in [0.15, 0.2) is 103 Å². The highest BCUT2D eigenvalue weighted by molar-refractivity contribution is 7.48. The van der Waals surface area contributed by atoms with Crippen LogP contribution in [0.25, 0.3) is 11.1 Å². The number of rotatable bonds is 9. The maximum Gasteiger partial charge on any atom is 0.475 e. The number of benzene rings is 4. The van der Waals surface area contributed by atoms with Gasteiger partial charge in [-0.15, -0.1) is 0 Å². The number of aliphatic hydroxyl groups is 1. The largest absolute Gasteiger partial charge is 0.475 e. The van der Waals surface area contributed by atoms with Gasteiger partial charge >= 0.3 is 13.9 Å². The number of carbonyl (C=O) groups is 1. The number of phosphoric acid groups is 1. The van der Waals surface area contributed by atoms with Gasteiger partial charge in [0.2, 0.25) is 0 Å². The molecule has 1 saturated heterocycles. The first kappa shape index (κ1) is 32.7. The van der Waals surface area contributed by atoms with E-state index >= 15 is 0 Å². The van der Waals surface area contributed by atoms with E-state index < -0.39 is 44.4 Å². The molecular formula is C37H38NO9P. The summed E-state index contributed by atoms with van der Waals surface area (Å²) >= 11 is 0. The molecule has 0 radical (unpaired) electrons. The fraction of sp³-hybridized carbons (Fsp3) is 0.324. The molecule has 4 aromatic carbocycles. The number of aliphatic hydroxyl groups excluding tert-OH is 1. The Morgan fingerprint density at radius 1 is 0.833 bits per heavy atom. The first-order valence-electron chi connectivity index (χ1n) is 16.1. The lowest BCUT2D eigenvalue weighted by Crippen LogP contribution is -2.61. The lowest BCUT2D eigenvalue weighted by molar-refractivity contribution is -0.239. The van der Waals surface area contributed by atoms with Crippen molar-refractivity contribution in [3.05, 3.63) is 131 Å². The zero-order chi connectivity index (χ0) is 33.1. The smallest absolute Gasteiger partial charge is 0.449 e. The number of hydrogen-bond donors (Lipinski definition) is 2. The average molecular weight is 672 g/mol. The molecule has 2 N–H and O–H groups in total. The van der Waals surface area contributed by atoms with E-state index in [0.717, 1.165) is 38.9 Å². The predicted molar refractivity (Wildman–Crippen MR) is 177 cm³/mol. The molecule has 0 bridgehead atoms. The molecule has 7 rings (SSSR count). The summed E-state index contributed by atoms with van der Waals surface area (Å²) in [5, 5.41) is 13.9. The van der Waals surface area contributed by atoms with Crippen LogP contribution in [0.3, 0.4) is 0 Å². The second-order valence-corrected chi connectivity index (χ2v) is 13.9. The Kier molecular flexibility index (Phi) is 9.75. The second-order valence-electron chi connectivity index (χ2n) is 12.3. The Morgan fingerprint density at radius 2 is 1.42 bits per heavy atom. The van der Waals surface area contributed by atoms with E-state index in [2.05, 4.69) is 17.4 Å². The van der Waals surface area contributed by atoms with Crippen LogP contribution in [-0.4, -0.2) is 49.0 Å². The Hall–Kier alpha value is -3.86. The normalized spacial score (nSPS) is 24.5. The van der Waals surface area contributed by atoms with Crippen molar-refractivity contribution in [2.45, 2.75) is 57.2 Å². The van der Waals surface area contributed by atoms with Crippen LogP contribution in [0.4, 0.5) is 4.79 Å². The van der Waals surface area contributed by atoms with Gasteiger partial charge in [-0.1, -0.05) is 110 Å². The van der Waals surface area contributed by atoms with Crippen molar-refractivity contribution < 1.29 is 42.2 Å². The van der Waals surface area contributed by atoms with E-state index in [1.165, 1.54) is 0 Å². The zero-order valence-corrected chi connectivity index (χ0v) is 27.4. The van der Waals surface area contributed by atoms with Crippen LogP contribution in [0.2, 0.25) is 0 Å². The van der Waals surface area contributed by atoms with E-state index in [0.29, 0.717) is 6.61 Å². The molecule has 5 atom stereocenters. The van der Waals surface area contributed by atoms with Crippen LogP contribution in [-0.2, 0) is 52.2 Å². The van der Waals surface area contributed by atoms with Crippen LogP contribution in [0.5, 0.6) is 0 Å². The predicted octanol–water partition coefficient (Wildman–Crippen LogP) is 6.70. The summed E-state index contributed by atoms with van der Waals surface area (Å²) in [5.41, 5.74) is 7.06. The van der Waals surface area contributed by atoms with Gasteiger partial charge in [-0.2, -0.15) is 0 Å². The van der Waals surface area contributed by atoms with Crippen molar-refractivity contribution in [3.63, 3.8) is 0 Å². The number of nitrogens with one attached hydrogen (secondary N) is 1. The molecule has 11 heteroatoms. The summed E-state index contributed by atoms with van der Waals surface area (Å²) in [7, 11) is -4.10. The number of ether oxygens (including phenoxy) is 3. The van der Waals surface area contributed by atoms with E-state index in [1.54, 1.807) is 6.92 Å². The molecule has 1 aliphatic carbocycles. The highest BCUT2D eigenvalue weighted by Crippen LogP contribution is 2.55. The monoisotopic (exact) mass is 671 g/mol. The summed E-state index contributed by atoms with van der Waals surface area (Å²) in [5.74, 6) is -0.752. The first-order chi connectivity index (χ1) is 23.4. The average Bonchev–Trinajstić information content (AvgIpc) is 3.33. The van der Waals surface area contributed by atoms with E-state index in [1.807, 2.05) is 91.0 Å². The van der Waals surface area contributed by atoms with Gasteiger partial charge in [0.15, 0.2) is 6.29 Å². The molecule has 1 fully saturated rings. The standard InChI is InChI=1S/C37H38NO9P/c1-24-34(38-37(40)43-22-32-30-17-9-7-15-28(30)29-16-8-10-18-31(29)32)36(39)46-33(23-42-19-25-11-3-2-4-12-25)35(24)47-48(41)44-20-26-13-5-6-14-27(26)21-45-48/h2-18,24,32-36,39H,19-23H2,1H3,(H,38,40)/t24-,33?,34?,35+,36?/m1/s1. The Labute approximate surface area is 279 Å². The van der Waals surface area contributed by atoms with Gasteiger partial charge in [-0.3, -0.25) is 13.6 Å². The van der Waals surface area contributed by atoms with Gasteiger partial charge < -0.3 is 24.6 Å². The minimum Gasteiger partial charge on any atom is -0.449 e. The van der Waals surface area contributed by atoms with Gasteiger partial charge in [0.05, 0.1) is 32.5 Å². The van der Waals surface area contributed by atoms with E-state index in [-0.39, 0.29) is 32.3 Å². The number of fused-ring (bicyclic) bond motifs is 4. The van der Waals surface area contributed by atoms with Gasteiger partial charge in [0.25, 0.3) is 0 Å². The highest BCUT2D eigenvalue weighted by Gasteiger charge is 2.49. The summed E-state index contributed by atoms with van der Waals surface area (Å²) in [4.78, 5) is 13.3. The Morgan fingerprint density at radius 3 is 2.06 bits per heavy atom. The first-order valence-corrected chi connectivity index (χ1v) is 17.6. The number of amides is 1. The van der Waals surface area contributed by atoms with Crippen molar-refractivity contribution in [2.75, 3.05) is 13.2 Å². The number of alkyl carbamates (subject to hydrolysis) is 1. The third-order valence-electron chi connectivity index (χ3n) is 9.22. The second kappa shape index (κ2) is 14.3. The summed E-state index contributed by atoms with van der Waals surface area (Å²) in [6, 6.07) is 32.3. The van der Waals surface area contributed by atoms with Crippen molar-refractivity contribution in [2.24, 2.45) is 5.92 Å². The molecule has 2 heterocycles. The van der Waals surface area contributed by atoms with Crippen LogP contribution in [0, 0.1) is 5.92 Å². The lowest BCUT2D eigenvalue weighted by Gasteiger charge is -2.44. The summed E-state index contributed by atoms with van der Waals surface area (Å²) < 4.78 is 49.2. The van der Waals surface area contributed by atoms with Gasteiger partial charge in [-0.25, -0.2) is 9.36 Å². The molecule has 10 nitrogen and oxygen atoms in total. The van der Waals surface area contributed by atoms with E-state index in [9.17, 15) is 14.5 Å². The maximum absolute atomic E-state index is 13.9.